The molecule has 1 atom stereocenters. The number of carbonyl (C=O) groups excluding carboxylic acids is 3. The average molecular weight is 202 g/mol. The van der Waals surface area contributed by atoms with Gasteiger partial charge in [-0.05, 0) is 5.92 Å². The Morgan fingerprint density at radius 1 is 1.29 bits per heavy atom. The number of amides is 2. The van der Waals surface area contributed by atoms with Crippen LogP contribution in [-0.2, 0) is 19.1 Å². The number of esters is 1. The van der Waals surface area contributed by atoms with Crippen LogP contribution >= 0.6 is 0 Å². The molecule has 0 heterocycles. The topological polar surface area (TPSA) is 98.5 Å². The minimum Gasteiger partial charge on any atom is -0.462 e. The van der Waals surface area contributed by atoms with Gasteiger partial charge in [-0.1, -0.05) is 13.8 Å². The van der Waals surface area contributed by atoms with Gasteiger partial charge in [0, 0.05) is 0 Å². The van der Waals surface area contributed by atoms with E-state index in [9.17, 15) is 14.4 Å². The lowest BCUT2D eigenvalue weighted by atomic mass is 10.0. The molecule has 0 aliphatic heterocycles. The molecule has 6 nitrogen and oxygen atoms in total. The van der Waals surface area contributed by atoms with E-state index in [1.54, 1.807) is 13.8 Å². The maximum Gasteiger partial charge on any atom is 0.396 e. The van der Waals surface area contributed by atoms with E-state index in [1.165, 1.54) is 0 Å². The molecule has 0 saturated heterocycles. The van der Waals surface area contributed by atoms with Gasteiger partial charge in [0.25, 0.3) is 0 Å². The van der Waals surface area contributed by atoms with Crippen molar-refractivity contribution >= 4 is 17.8 Å². The van der Waals surface area contributed by atoms with Gasteiger partial charge in [-0.2, -0.15) is 0 Å². The van der Waals surface area contributed by atoms with Crippen LogP contribution in [0.15, 0.2) is 0 Å². The van der Waals surface area contributed by atoms with Gasteiger partial charge in [-0.25, -0.2) is 4.79 Å². The molecule has 3 N–H and O–H groups in total. The van der Waals surface area contributed by atoms with Crippen molar-refractivity contribution in [1.82, 2.24) is 5.32 Å². The predicted octanol–water partition coefficient (Wildman–Crippen LogP) is -1.21. The summed E-state index contributed by atoms with van der Waals surface area (Å²) in [6.07, 6.45) is 0. The number of carbonyl (C=O) groups is 3. The maximum atomic E-state index is 11.0. The molecule has 80 valence electrons. The monoisotopic (exact) mass is 202 g/mol. The number of hydrogen-bond donors (Lipinski definition) is 2. The molecule has 0 aliphatic rings. The van der Waals surface area contributed by atoms with Crippen LogP contribution in [0.4, 0.5) is 0 Å². The quantitative estimate of drug-likeness (QED) is 0.443. The van der Waals surface area contributed by atoms with Gasteiger partial charge in [0.2, 0.25) is 5.91 Å². The highest BCUT2D eigenvalue weighted by molar-refractivity contribution is 6.32. The zero-order valence-electron chi connectivity index (χ0n) is 8.37. The van der Waals surface area contributed by atoms with Crippen LogP contribution in [0.5, 0.6) is 0 Å². The molecule has 0 aromatic heterocycles. The lowest BCUT2D eigenvalue weighted by molar-refractivity contribution is -0.153. The first-order valence-corrected chi connectivity index (χ1v) is 4.08. The Hall–Kier alpha value is -1.59. The van der Waals surface area contributed by atoms with Crippen LogP contribution in [0.25, 0.3) is 0 Å². The summed E-state index contributed by atoms with van der Waals surface area (Å²) in [6.45, 7) is 3.40. The van der Waals surface area contributed by atoms with Crippen molar-refractivity contribution in [1.29, 1.82) is 0 Å². The predicted molar refractivity (Wildman–Crippen MR) is 48.0 cm³/mol. The van der Waals surface area contributed by atoms with Gasteiger partial charge in [0.05, 0.1) is 7.11 Å². The van der Waals surface area contributed by atoms with Crippen molar-refractivity contribution in [2.24, 2.45) is 11.7 Å². The number of nitrogens with one attached hydrogen (secondary N) is 1. The largest absolute Gasteiger partial charge is 0.462 e. The highest BCUT2D eigenvalue weighted by Gasteiger charge is 2.25. The van der Waals surface area contributed by atoms with Crippen LogP contribution in [0, 0.1) is 5.92 Å². The molecule has 2 amide bonds. The summed E-state index contributed by atoms with van der Waals surface area (Å²) in [5, 5.41) is 2.18. The highest BCUT2D eigenvalue weighted by atomic mass is 16.5. The molecule has 0 aliphatic carbocycles. The number of ether oxygens (including phenoxy) is 1. The number of methoxy groups -OCH3 is 1. The van der Waals surface area contributed by atoms with Crippen LogP contribution in [0.1, 0.15) is 13.8 Å². The molecular formula is C8H14N2O4. The van der Waals surface area contributed by atoms with Crippen LogP contribution in [-0.4, -0.2) is 30.9 Å². The van der Waals surface area contributed by atoms with Crippen LogP contribution in [0.2, 0.25) is 0 Å². The summed E-state index contributed by atoms with van der Waals surface area (Å²) >= 11 is 0. The third-order valence-electron chi connectivity index (χ3n) is 1.63. The fourth-order valence-electron chi connectivity index (χ4n) is 0.859. The smallest absolute Gasteiger partial charge is 0.396 e. The molecule has 0 rings (SSSR count). The minimum absolute atomic E-state index is 0.180. The van der Waals surface area contributed by atoms with Gasteiger partial charge in [0.15, 0.2) is 0 Å². The van der Waals surface area contributed by atoms with Crippen molar-refractivity contribution in [3.05, 3.63) is 0 Å². The highest BCUT2D eigenvalue weighted by Crippen LogP contribution is 2.00. The van der Waals surface area contributed by atoms with E-state index in [0.29, 0.717) is 0 Å². The molecule has 0 aromatic carbocycles. The standard InChI is InChI=1S/C8H14N2O4/c1-4(2)5(6(9)11)10-7(12)8(13)14-3/h4-5H,1-3H3,(H2,9,11)(H,10,12). The zero-order chi connectivity index (χ0) is 11.3. The minimum atomic E-state index is -1.04. The van der Waals surface area contributed by atoms with Crippen molar-refractivity contribution in [3.8, 4) is 0 Å². The molecule has 6 heteroatoms. The lowest BCUT2D eigenvalue weighted by Gasteiger charge is -2.17. The Labute approximate surface area is 81.8 Å². The van der Waals surface area contributed by atoms with Gasteiger partial charge < -0.3 is 15.8 Å². The van der Waals surface area contributed by atoms with Crippen molar-refractivity contribution in [2.75, 3.05) is 7.11 Å². The molecule has 0 fully saturated rings. The average Bonchev–Trinajstić information content (AvgIpc) is 2.11. The summed E-state index contributed by atoms with van der Waals surface area (Å²) in [5.41, 5.74) is 5.02. The molecule has 0 saturated carbocycles. The van der Waals surface area contributed by atoms with E-state index in [-0.39, 0.29) is 5.92 Å². The number of nitrogens with two attached hydrogens (primary N) is 1. The number of hydrogen-bond acceptors (Lipinski definition) is 4. The SMILES string of the molecule is COC(=O)C(=O)NC(C(N)=O)C(C)C. The second kappa shape index (κ2) is 5.21. The van der Waals surface area contributed by atoms with Crippen LogP contribution in [0.3, 0.4) is 0 Å². The Kier molecular flexibility index (Phi) is 4.62. The molecule has 1 unspecified atom stereocenters. The third-order valence-corrected chi connectivity index (χ3v) is 1.63. The summed E-state index contributed by atoms with van der Waals surface area (Å²) in [7, 11) is 1.08. The number of rotatable bonds is 3. The first kappa shape index (κ1) is 12.4. The first-order chi connectivity index (χ1) is 6.40. The van der Waals surface area contributed by atoms with E-state index in [2.05, 4.69) is 10.1 Å². The van der Waals surface area contributed by atoms with Crippen molar-refractivity contribution in [2.45, 2.75) is 19.9 Å². The zero-order valence-corrected chi connectivity index (χ0v) is 8.37. The fraction of sp³-hybridized carbons (Fsp3) is 0.625. The summed E-state index contributed by atoms with van der Waals surface area (Å²) in [6, 6.07) is -0.860. The Balaban J connectivity index is 4.39. The van der Waals surface area contributed by atoms with Crippen molar-refractivity contribution < 1.29 is 19.1 Å². The molecule has 0 aromatic rings. The summed E-state index contributed by atoms with van der Waals surface area (Å²) in [4.78, 5) is 32.5. The number of primary amides is 1. The Morgan fingerprint density at radius 3 is 2.07 bits per heavy atom. The molecule has 0 spiro atoms. The van der Waals surface area contributed by atoms with Gasteiger partial charge in [-0.15, -0.1) is 0 Å². The van der Waals surface area contributed by atoms with Crippen LogP contribution < -0.4 is 11.1 Å². The van der Waals surface area contributed by atoms with E-state index in [1.807, 2.05) is 0 Å². The first-order valence-electron chi connectivity index (χ1n) is 4.08. The maximum absolute atomic E-state index is 11.0. The van der Waals surface area contributed by atoms with E-state index >= 15 is 0 Å². The van der Waals surface area contributed by atoms with E-state index in [0.717, 1.165) is 7.11 Å². The molecular weight excluding hydrogens is 188 g/mol. The van der Waals surface area contributed by atoms with Gasteiger partial charge >= 0.3 is 11.9 Å². The van der Waals surface area contributed by atoms with Crippen molar-refractivity contribution in [3.63, 3.8) is 0 Å². The fourth-order valence-corrected chi connectivity index (χ4v) is 0.859. The summed E-state index contributed by atoms with van der Waals surface area (Å²) < 4.78 is 4.17. The second-order valence-electron chi connectivity index (χ2n) is 3.09. The summed E-state index contributed by atoms with van der Waals surface area (Å²) in [5.74, 6) is -2.87. The second-order valence-corrected chi connectivity index (χ2v) is 3.09. The molecule has 14 heavy (non-hydrogen) atoms. The van der Waals surface area contributed by atoms with E-state index < -0.39 is 23.8 Å². The Bertz CT molecular complexity index is 250. The third kappa shape index (κ3) is 3.42. The Morgan fingerprint density at radius 2 is 1.79 bits per heavy atom. The molecule has 0 radical (unpaired) electrons. The lowest BCUT2D eigenvalue weighted by Crippen LogP contribution is -2.49. The van der Waals surface area contributed by atoms with E-state index in [4.69, 9.17) is 5.73 Å². The normalized spacial score (nSPS) is 12.0. The molecule has 0 bridgehead atoms. The van der Waals surface area contributed by atoms with Gasteiger partial charge in [0.1, 0.15) is 6.04 Å². The van der Waals surface area contributed by atoms with Gasteiger partial charge in [-0.3, -0.25) is 9.59 Å².